The Kier molecular flexibility index (Phi) is 4.84. The number of hydrogen-bond acceptors (Lipinski definition) is 3. The average molecular weight is 324 g/mol. The van der Waals surface area contributed by atoms with Gasteiger partial charge in [-0.2, -0.15) is 0 Å². The zero-order chi connectivity index (χ0) is 17.3. The number of nitrogens with zero attached hydrogens (tertiary/aromatic N) is 1. The summed E-state index contributed by atoms with van der Waals surface area (Å²) in [4.78, 5) is 14.1. The number of benzene rings is 1. The van der Waals surface area contributed by atoms with Crippen LogP contribution in [-0.4, -0.2) is 43.3 Å². The van der Waals surface area contributed by atoms with Gasteiger partial charge in [0.25, 0.3) is 0 Å². The summed E-state index contributed by atoms with van der Waals surface area (Å²) in [5, 5.41) is 2.74. The van der Waals surface area contributed by atoms with E-state index in [9.17, 15) is 9.18 Å². The summed E-state index contributed by atoms with van der Waals surface area (Å²) in [6.07, 6.45) is 0. The van der Waals surface area contributed by atoms with Gasteiger partial charge < -0.3 is 19.7 Å². The number of rotatable bonds is 5. The van der Waals surface area contributed by atoms with Crippen LogP contribution >= 0.6 is 0 Å². The molecule has 1 heterocycles. The highest BCUT2D eigenvalue weighted by Gasteiger charge is 2.54. The zero-order valence-electron chi connectivity index (χ0n) is 14.4. The van der Waals surface area contributed by atoms with Crippen LogP contribution in [0.15, 0.2) is 18.2 Å². The fourth-order valence-electron chi connectivity index (χ4n) is 2.51. The minimum atomic E-state index is -0.512. The van der Waals surface area contributed by atoms with Crippen LogP contribution in [0.25, 0.3) is 0 Å². The van der Waals surface area contributed by atoms with Crippen LogP contribution in [0, 0.1) is 11.2 Å². The molecule has 1 N–H and O–H groups in total. The third-order valence-corrected chi connectivity index (χ3v) is 4.86. The molecule has 0 aromatic heterocycles. The molecule has 0 aliphatic carbocycles. The first-order valence-corrected chi connectivity index (χ1v) is 7.69. The summed E-state index contributed by atoms with van der Waals surface area (Å²) >= 11 is 0. The number of ether oxygens (including phenoxy) is 2. The number of carbonyl (C=O) groups excluding carboxylic acids is 1. The molecule has 1 aliphatic heterocycles. The van der Waals surface area contributed by atoms with Crippen LogP contribution in [0.2, 0.25) is 0 Å². The van der Waals surface area contributed by atoms with Gasteiger partial charge in [0.15, 0.2) is 11.6 Å². The van der Waals surface area contributed by atoms with E-state index in [4.69, 9.17) is 9.47 Å². The van der Waals surface area contributed by atoms with E-state index in [-0.39, 0.29) is 29.3 Å². The number of halogens is 1. The molecule has 0 radical (unpaired) electrons. The Hall–Kier alpha value is -1.82. The molecule has 0 spiro atoms. The van der Waals surface area contributed by atoms with Gasteiger partial charge in [0, 0.05) is 36.4 Å². The maximum Gasteiger partial charge on any atom is 0.322 e. The first kappa shape index (κ1) is 17.5. The second-order valence-electron chi connectivity index (χ2n) is 6.95. The van der Waals surface area contributed by atoms with E-state index >= 15 is 0 Å². The molecule has 23 heavy (non-hydrogen) atoms. The van der Waals surface area contributed by atoms with Gasteiger partial charge in [0.2, 0.25) is 0 Å². The van der Waals surface area contributed by atoms with Gasteiger partial charge >= 0.3 is 6.03 Å². The van der Waals surface area contributed by atoms with E-state index in [1.54, 1.807) is 18.1 Å². The Morgan fingerprint density at radius 1 is 1.30 bits per heavy atom. The fraction of sp³-hybridized carbons (Fsp3) is 0.588. The summed E-state index contributed by atoms with van der Waals surface area (Å²) in [5.41, 5.74) is 0.236. The van der Waals surface area contributed by atoms with Gasteiger partial charge in [-0.1, -0.05) is 13.8 Å². The molecule has 2 amide bonds. The van der Waals surface area contributed by atoms with Crippen molar-refractivity contribution in [3.8, 4) is 5.75 Å². The zero-order valence-corrected chi connectivity index (χ0v) is 14.4. The molecule has 0 bridgehead atoms. The minimum absolute atomic E-state index is 0.0641. The van der Waals surface area contributed by atoms with Crippen molar-refractivity contribution in [1.29, 1.82) is 0 Å². The van der Waals surface area contributed by atoms with Gasteiger partial charge in [-0.3, -0.25) is 0 Å². The number of nitrogens with one attached hydrogen (secondary N) is 1. The molecule has 1 aromatic carbocycles. The first-order chi connectivity index (χ1) is 10.7. The van der Waals surface area contributed by atoms with Crippen molar-refractivity contribution in [3.05, 3.63) is 24.0 Å². The first-order valence-electron chi connectivity index (χ1n) is 7.69. The second-order valence-corrected chi connectivity index (χ2v) is 6.95. The summed E-state index contributed by atoms with van der Waals surface area (Å²) in [7, 11) is 1.55. The van der Waals surface area contributed by atoms with Crippen LogP contribution < -0.4 is 10.1 Å². The normalized spacial score (nSPS) is 18.3. The predicted molar refractivity (Wildman–Crippen MR) is 87.4 cm³/mol. The molecule has 1 aliphatic rings. The van der Waals surface area contributed by atoms with E-state index < -0.39 is 5.82 Å². The molecule has 1 fully saturated rings. The Labute approximate surface area is 136 Å². The van der Waals surface area contributed by atoms with Gasteiger partial charge in [-0.25, -0.2) is 9.18 Å². The molecule has 0 unspecified atom stereocenters. The van der Waals surface area contributed by atoms with Crippen molar-refractivity contribution >= 4 is 11.7 Å². The topological polar surface area (TPSA) is 50.8 Å². The van der Waals surface area contributed by atoms with E-state index in [0.717, 1.165) is 0 Å². The molecule has 6 heteroatoms. The van der Waals surface area contributed by atoms with Gasteiger partial charge in [-0.15, -0.1) is 0 Å². The van der Waals surface area contributed by atoms with Crippen LogP contribution in [0.3, 0.4) is 0 Å². The Morgan fingerprint density at radius 3 is 2.52 bits per heavy atom. The smallest absolute Gasteiger partial charge is 0.322 e. The average Bonchev–Trinajstić information content (AvgIpc) is 2.47. The van der Waals surface area contributed by atoms with Crippen molar-refractivity contribution in [1.82, 2.24) is 4.90 Å². The molecular weight excluding hydrogens is 299 g/mol. The number of likely N-dealkylation sites (tertiary alicyclic amines) is 1. The quantitative estimate of drug-likeness (QED) is 0.843. The molecule has 128 valence electrons. The lowest BCUT2D eigenvalue weighted by molar-refractivity contribution is -0.0770. The predicted octanol–water partition coefficient (Wildman–Crippen LogP) is 3.50. The van der Waals surface area contributed by atoms with Crippen LogP contribution in [0.1, 0.15) is 27.7 Å². The van der Waals surface area contributed by atoms with Gasteiger partial charge in [0.1, 0.15) is 6.61 Å². The summed E-state index contributed by atoms with van der Waals surface area (Å²) in [6, 6.07) is 4.17. The Bertz CT molecular complexity index is 587. The minimum Gasteiger partial charge on any atom is -0.488 e. The maximum absolute atomic E-state index is 14.0. The summed E-state index contributed by atoms with van der Waals surface area (Å²) in [6.45, 7) is 9.65. The lowest BCUT2D eigenvalue weighted by Crippen LogP contribution is -2.71. The van der Waals surface area contributed by atoms with Crippen LogP contribution in [0.4, 0.5) is 14.9 Å². The van der Waals surface area contributed by atoms with Gasteiger partial charge in [-0.05, 0) is 26.0 Å². The summed E-state index contributed by atoms with van der Waals surface area (Å²) in [5.74, 6) is -0.368. The number of carbonyl (C=O) groups is 1. The lowest BCUT2D eigenvalue weighted by atomic mass is 9.65. The highest BCUT2D eigenvalue weighted by molar-refractivity contribution is 5.90. The number of hydrogen-bond donors (Lipinski definition) is 1. The monoisotopic (exact) mass is 324 g/mol. The molecule has 5 nitrogen and oxygen atoms in total. The van der Waals surface area contributed by atoms with Crippen LogP contribution in [-0.2, 0) is 4.74 Å². The molecule has 1 aromatic rings. The number of methoxy groups -OCH3 is 1. The Morgan fingerprint density at radius 2 is 2.00 bits per heavy atom. The molecule has 2 rings (SSSR count). The van der Waals surface area contributed by atoms with Crippen molar-refractivity contribution in [2.75, 3.05) is 32.2 Å². The maximum atomic E-state index is 14.0. The molecular formula is C17H25FN2O3. The molecule has 0 saturated carbocycles. The van der Waals surface area contributed by atoms with E-state index in [1.165, 1.54) is 12.1 Å². The Balaban J connectivity index is 1.98. The van der Waals surface area contributed by atoms with E-state index in [1.807, 2.05) is 13.8 Å². The van der Waals surface area contributed by atoms with Gasteiger partial charge in [0.05, 0.1) is 6.61 Å². The standard InChI is InChI=1S/C17H25FN2O3/c1-16(2)11-20(17(16,3)4)15(21)19-12-6-7-14(13(18)10-12)23-9-8-22-5/h6-7,10H,8-9,11H2,1-5H3,(H,19,21). The third-order valence-electron chi connectivity index (χ3n) is 4.86. The second kappa shape index (κ2) is 6.35. The fourth-order valence-corrected chi connectivity index (χ4v) is 2.51. The molecule has 0 atom stereocenters. The number of amides is 2. The lowest BCUT2D eigenvalue weighted by Gasteiger charge is -2.60. The van der Waals surface area contributed by atoms with Crippen molar-refractivity contribution in [3.63, 3.8) is 0 Å². The van der Waals surface area contributed by atoms with Crippen molar-refractivity contribution in [2.45, 2.75) is 33.2 Å². The largest absolute Gasteiger partial charge is 0.488 e. The number of anilines is 1. The highest BCUT2D eigenvalue weighted by atomic mass is 19.1. The van der Waals surface area contributed by atoms with Crippen molar-refractivity contribution in [2.24, 2.45) is 5.41 Å². The molecule has 1 saturated heterocycles. The third kappa shape index (κ3) is 3.42. The summed E-state index contributed by atoms with van der Waals surface area (Å²) < 4.78 is 24.1. The van der Waals surface area contributed by atoms with Crippen molar-refractivity contribution < 1.29 is 18.7 Å². The number of urea groups is 1. The SMILES string of the molecule is COCCOc1ccc(NC(=O)N2CC(C)(C)C2(C)C)cc1F. The van der Waals surface area contributed by atoms with Crippen LogP contribution in [0.5, 0.6) is 5.75 Å². The van der Waals surface area contributed by atoms with E-state index in [0.29, 0.717) is 18.8 Å². The van der Waals surface area contributed by atoms with E-state index in [2.05, 4.69) is 19.2 Å². The highest BCUT2D eigenvalue weighted by Crippen LogP contribution is 2.46.